The Balaban J connectivity index is 1.75. The van der Waals surface area contributed by atoms with Crippen LogP contribution in [0.25, 0.3) is 0 Å². The maximum atomic E-state index is 12.3. The van der Waals surface area contributed by atoms with Crippen molar-refractivity contribution in [2.45, 2.75) is 37.8 Å². The van der Waals surface area contributed by atoms with Gasteiger partial charge in [-0.25, -0.2) is 0 Å². The number of rotatable bonds is 2. The molecule has 3 heterocycles. The molecular formula is C12H17N3O2. The number of likely N-dealkylation sites (tertiary alicyclic amines) is 1. The topological polar surface area (TPSA) is 58.2 Å². The van der Waals surface area contributed by atoms with Crippen molar-refractivity contribution in [1.82, 2.24) is 15.1 Å². The number of nitrogens with one attached hydrogen (secondary N) is 1. The van der Waals surface area contributed by atoms with Crippen molar-refractivity contribution in [3.05, 3.63) is 18.0 Å². The minimum Gasteiger partial charge on any atom is -0.368 e. The van der Waals surface area contributed by atoms with E-state index in [4.69, 9.17) is 4.74 Å². The number of aromatic amines is 1. The third-order valence-corrected chi connectivity index (χ3v) is 3.62. The highest BCUT2D eigenvalue weighted by Gasteiger charge is 2.36. The highest BCUT2D eigenvalue weighted by Crippen LogP contribution is 2.32. The quantitative estimate of drug-likeness (QED) is 0.839. The van der Waals surface area contributed by atoms with Gasteiger partial charge in [0.25, 0.3) is 5.91 Å². The van der Waals surface area contributed by atoms with Crippen LogP contribution in [0.3, 0.4) is 0 Å². The van der Waals surface area contributed by atoms with Crippen LogP contribution in [0.4, 0.5) is 0 Å². The normalized spacial score (nSPS) is 28.8. The van der Waals surface area contributed by atoms with Crippen LogP contribution in [0.1, 0.15) is 37.4 Å². The Labute approximate surface area is 100 Å². The van der Waals surface area contributed by atoms with Crippen molar-refractivity contribution >= 4 is 5.91 Å². The molecule has 5 heteroatoms. The summed E-state index contributed by atoms with van der Waals surface area (Å²) in [5.74, 6) is 0.152. The average Bonchev–Trinajstić information content (AvgIpc) is 3.09. The maximum absolute atomic E-state index is 12.3. The molecule has 1 N–H and O–H groups in total. The summed E-state index contributed by atoms with van der Waals surface area (Å²) in [6.07, 6.45) is 5.47. The van der Waals surface area contributed by atoms with Gasteiger partial charge in [0.05, 0.1) is 11.7 Å². The molecule has 1 aromatic rings. The number of hydrogen-bond acceptors (Lipinski definition) is 3. The van der Waals surface area contributed by atoms with Crippen LogP contribution < -0.4 is 0 Å². The number of hydrogen-bond donors (Lipinski definition) is 1. The summed E-state index contributed by atoms with van der Waals surface area (Å²) in [6.45, 7) is 1.56. The molecule has 2 unspecified atom stereocenters. The average molecular weight is 235 g/mol. The number of carbonyl (C=O) groups excluding carboxylic acids is 1. The summed E-state index contributed by atoms with van der Waals surface area (Å²) < 4.78 is 5.48. The molecule has 0 saturated carbocycles. The zero-order chi connectivity index (χ0) is 11.7. The Morgan fingerprint density at radius 3 is 3.12 bits per heavy atom. The van der Waals surface area contributed by atoms with Crippen LogP contribution in [0.5, 0.6) is 0 Å². The van der Waals surface area contributed by atoms with Gasteiger partial charge < -0.3 is 9.64 Å². The molecule has 1 amide bonds. The number of nitrogens with zero attached hydrogens (tertiary/aromatic N) is 2. The first-order valence-corrected chi connectivity index (χ1v) is 6.27. The Bertz CT molecular complexity index is 384. The molecule has 3 rings (SSSR count). The third-order valence-electron chi connectivity index (χ3n) is 3.62. The molecule has 2 fully saturated rings. The van der Waals surface area contributed by atoms with Gasteiger partial charge in [-0.1, -0.05) is 0 Å². The van der Waals surface area contributed by atoms with E-state index in [-0.39, 0.29) is 18.1 Å². The van der Waals surface area contributed by atoms with Crippen LogP contribution in [0.15, 0.2) is 12.3 Å². The van der Waals surface area contributed by atoms with E-state index in [1.54, 1.807) is 6.20 Å². The van der Waals surface area contributed by atoms with Crippen LogP contribution in [0, 0.1) is 0 Å². The summed E-state index contributed by atoms with van der Waals surface area (Å²) in [7, 11) is 0. The fourth-order valence-corrected chi connectivity index (χ4v) is 2.76. The molecule has 5 nitrogen and oxygen atoms in total. The largest absolute Gasteiger partial charge is 0.368 e. The van der Waals surface area contributed by atoms with Crippen LogP contribution in [-0.4, -0.2) is 40.3 Å². The SMILES string of the molecule is O=C(C1CCCO1)N1CCCC1c1ccn[nH]1. The highest BCUT2D eigenvalue weighted by molar-refractivity contribution is 5.81. The fraction of sp³-hybridized carbons (Fsp3) is 0.667. The number of amides is 1. The first kappa shape index (κ1) is 10.8. The standard InChI is InChI=1S/C12H17N3O2/c16-12(11-4-2-8-17-11)15-7-1-3-10(15)9-5-6-13-14-9/h5-6,10-11H,1-4,7-8H2,(H,13,14). The minimum absolute atomic E-state index is 0.152. The van der Waals surface area contributed by atoms with E-state index in [1.165, 1.54) is 0 Å². The molecular weight excluding hydrogens is 218 g/mol. The first-order valence-electron chi connectivity index (χ1n) is 6.27. The maximum Gasteiger partial charge on any atom is 0.252 e. The van der Waals surface area contributed by atoms with E-state index in [2.05, 4.69) is 10.2 Å². The Morgan fingerprint density at radius 1 is 1.47 bits per heavy atom. The van der Waals surface area contributed by atoms with Crippen LogP contribution in [-0.2, 0) is 9.53 Å². The Morgan fingerprint density at radius 2 is 2.41 bits per heavy atom. The second kappa shape index (κ2) is 4.49. The smallest absolute Gasteiger partial charge is 0.252 e. The van der Waals surface area contributed by atoms with Gasteiger partial charge in [0, 0.05) is 19.3 Å². The van der Waals surface area contributed by atoms with Gasteiger partial charge in [-0.05, 0) is 31.7 Å². The van der Waals surface area contributed by atoms with Crippen molar-refractivity contribution in [3.8, 4) is 0 Å². The van der Waals surface area contributed by atoms with E-state index in [9.17, 15) is 4.79 Å². The van der Waals surface area contributed by atoms with E-state index in [0.717, 1.165) is 44.5 Å². The van der Waals surface area contributed by atoms with Gasteiger partial charge in [-0.15, -0.1) is 0 Å². The van der Waals surface area contributed by atoms with Crippen molar-refractivity contribution in [1.29, 1.82) is 0 Å². The molecule has 17 heavy (non-hydrogen) atoms. The number of aromatic nitrogens is 2. The molecule has 2 saturated heterocycles. The van der Waals surface area contributed by atoms with Crippen LogP contribution >= 0.6 is 0 Å². The molecule has 0 aliphatic carbocycles. The summed E-state index contributed by atoms with van der Waals surface area (Å²) in [4.78, 5) is 14.3. The van der Waals surface area contributed by atoms with Gasteiger partial charge >= 0.3 is 0 Å². The van der Waals surface area contributed by atoms with E-state index < -0.39 is 0 Å². The van der Waals surface area contributed by atoms with Crippen LogP contribution in [0.2, 0.25) is 0 Å². The molecule has 2 atom stereocenters. The molecule has 0 radical (unpaired) electrons. The van der Waals surface area contributed by atoms with E-state index in [1.807, 2.05) is 11.0 Å². The fourth-order valence-electron chi connectivity index (χ4n) is 2.76. The van der Waals surface area contributed by atoms with Gasteiger partial charge in [-0.2, -0.15) is 5.10 Å². The lowest BCUT2D eigenvalue weighted by Gasteiger charge is -2.26. The first-order chi connectivity index (χ1) is 8.36. The lowest BCUT2D eigenvalue weighted by Crippen LogP contribution is -2.38. The van der Waals surface area contributed by atoms with Crippen molar-refractivity contribution in [2.24, 2.45) is 0 Å². The lowest BCUT2D eigenvalue weighted by molar-refractivity contribution is -0.142. The summed E-state index contributed by atoms with van der Waals surface area (Å²) in [5, 5.41) is 6.93. The monoisotopic (exact) mass is 235 g/mol. The van der Waals surface area contributed by atoms with E-state index >= 15 is 0 Å². The third kappa shape index (κ3) is 1.95. The van der Waals surface area contributed by atoms with Crippen molar-refractivity contribution in [2.75, 3.05) is 13.2 Å². The molecule has 0 spiro atoms. The lowest BCUT2D eigenvalue weighted by atomic mass is 10.1. The predicted octanol–water partition coefficient (Wildman–Crippen LogP) is 1.25. The van der Waals surface area contributed by atoms with Gasteiger partial charge in [0.2, 0.25) is 0 Å². The molecule has 92 valence electrons. The Kier molecular flexibility index (Phi) is 2.84. The van der Waals surface area contributed by atoms with Crippen molar-refractivity contribution in [3.63, 3.8) is 0 Å². The number of ether oxygens (including phenoxy) is 1. The summed E-state index contributed by atoms with van der Waals surface area (Å²) >= 11 is 0. The minimum atomic E-state index is -0.210. The van der Waals surface area contributed by atoms with Crippen molar-refractivity contribution < 1.29 is 9.53 Å². The molecule has 2 aliphatic heterocycles. The molecule has 2 aliphatic rings. The van der Waals surface area contributed by atoms with E-state index in [0.29, 0.717) is 0 Å². The van der Waals surface area contributed by atoms with Gasteiger partial charge in [0.15, 0.2) is 0 Å². The zero-order valence-electron chi connectivity index (χ0n) is 9.76. The second-order valence-corrected chi connectivity index (χ2v) is 4.70. The summed E-state index contributed by atoms with van der Waals surface area (Å²) in [5.41, 5.74) is 1.04. The number of carbonyl (C=O) groups is 1. The Hall–Kier alpha value is -1.36. The summed E-state index contributed by atoms with van der Waals surface area (Å²) in [6, 6.07) is 2.11. The van der Waals surface area contributed by atoms with Gasteiger partial charge in [-0.3, -0.25) is 9.89 Å². The second-order valence-electron chi connectivity index (χ2n) is 4.70. The predicted molar refractivity (Wildman–Crippen MR) is 61.2 cm³/mol. The number of H-pyrrole nitrogens is 1. The molecule has 0 aromatic carbocycles. The molecule has 1 aromatic heterocycles. The molecule has 0 bridgehead atoms. The highest BCUT2D eigenvalue weighted by atomic mass is 16.5. The van der Waals surface area contributed by atoms with Gasteiger partial charge in [0.1, 0.15) is 6.10 Å². The zero-order valence-corrected chi connectivity index (χ0v) is 9.76.